The van der Waals surface area contributed by atoms with E-state index < -0.39 is 0 Å². The van der Waals surface area contributed by atoms with Gasteiger partial charge in [-0.05, 0) is 32.2 Å². The van der Waals surface area contributed by atoms with Gasteiger partial charge in [0.15, 0.2) is 5.82 Å². The summed E-state index contributed by atoms with van der Waals surface area (Å²) >= 11 is 1.60. The molecular formula is C10H14N4S. The molecule has 0 amide bonds. The molecule has 0 saturated carbocycles. The first-order valence-corrected chi connectivity index (χ1v) is 5.74. The van der Waals surface area contributed by atoms with Gasteiger partial charge in [-0.1, -0.05) is 0 Å². The largest absolute Gasteiger partial charge is 0.397 e. The summed E-state index contributed by atoms with van der Waals surface area (Å²) in [5.41, 5.74) is 6.65. The predicted octanol–water partition coefficient (Wildman–Crippen LogP) is 2.48. The van der Waals surface area contributed by atoms with Gasteiger partial charge in [-0.3, -0.25) is 0 Å². The number of anilines is 1. The van der Waals surface area contributed by atoms with Crippen molar-refractivity contribution in [3.8, 4) is 10.7 Å². The highest BCUT2D eigenvalue weighted by Gasteiger charge is 2.16. The van der Waals surface area contributed by atoms with Crippen molar-refractivity contribution in [2.24, 2.45) is 0 Å². The fourth-order valence-corrected chi connectivity index (χ4v) is 2.44. The quantitative estimate of drug-likeness (QED) is 0.849. The van der Waals surface area contributed by atoms with E-state index in [1.54, 1.807) is 11.3 Å². The Balaban J connectivity index is 2.59. The van der Waals surface area contributed by atoms with E-state index in [9.17, 15) is 0 Å². The van der Waals surface area contributed by atoms with Crippen LogP contribution in [0, 0.1) is 6.92 Å². The number of aromatic nitrogens is 3. The number of aryl methyl sites for hydroxylation is 1. The topological polar surface area (TPSA) is 56.7 Å². The van der Waals surface area contributed by atoms with Crippen molar-refractivity contribution in [2.75, 3.05) is 5.73 Å². The van der Waals surface area contributed by atoms with Gasteiger partial charge in [0, 0.05) is 6.04 Å². The first-order chi connectivity index (χ1) is 7.11. The molecule has 0 bridgehead atoms. The lowest BCUT2D eigenvalue weighted by molar-refractivity contribution is 0.588. The molecule has 0 aromatic carbocycles. The van der Waals surface area contributed by atoms with Crippen LogP contribution in [0.1, 0.15) is 25.7 Å². The zero-order chi connectivity index (χ0) is 11.0. The molecule has 0 aliphatic rings. The molecular weight excluding hydrogens is 208 g/mol. The van der Waals surface area contributed by atoms with Crippen molar-refractivity contribution in [3.63, 3.8) is 0 Å². The van der Waals surface area contributed by atoms with Crippen LogP contribution in [0.15, 0.2) is 11.4 Å². The highest BCUT2D eigenvalue weighted by molar-refractivity contribution is 7.14. The summed E-state index contributed by atoms with van der Waals surface area (Å²) in [5, 5.41) is 10.3. The summed E-state index contributed by atoms with van der Waals surface area (Å²) in [5.74, 6) is 1.79. The minimum atomic E-state index is 0.344. The molecule has 15 heavy (non-hydrogen) atoms. The first kappa shape index (κ1) is 10.2. The highest BCUT2D eigenvalue weighted by atomic mass is 32.1. The van der Waals surface area contributed by atoms with Crippen molar-refractivity contribution in [1.82, 2.24) is 14.8 Å². The molecule has 0 atom stereocenters. The molecule has 80 valence electrons. The van der Waals surface area contributed by atoms with Gasteiger partial charge in [0.1, 0.15) is 5.82 Å². The number of nitrogens with zero attached hydrogens (tertiary/aromatic N) is 3. The van der Waals surface area contributed by atoms with Gasteiger partial charge in [-0.2, -0.15) is 0 Å². The van der Waals surface area contributed by atoms with Crippen molar-refractivity contribution < 1.29 is 0 Å². The zero-order valence-corrected chi connectivity index (χ0v) is 9.88. The molecule has 2 heterocycles. The summed E-state index contributed by atoms with van der Waals surface area (Å²) in [6.07, 6.45) is 0. The fraction of sp³-hybridized carbons (Fsp3) is 0.400. The second kappa shape index (κ2) is 3.66. The lowest BCUT2D eigenvalue weighted by atomic mass is 10.3. The van der Waals surface area contributed by atoms with Gasteiger partial charge < -0.3 is 10.3 Å². The van der Waals surface area contributed by atoms with Crippen molar-refractivity contribution in [3.05, 3.63) is 17.3 Å². The zero-order valence-electron chi connectivity index (χ0n) is 9.06. The van der Waals surface area contributed by atoms with Crippen LogP contribution in [-0.4, -0.2) is 14.8 Å². The Labute approximate surface area is 92.8 Å². The van der Waals surface area contributed by atoms with Crippen LogP contribution in [0.25, 0.3) is 10.7 Å². The van der Waals surface area contributed by atoms with E-state index in [4.69, 9.17) is 5.73 Å². The molecule has 2 N–H and O–H groups in total. The summed E-state index contributed by atoms with van der Waals surface area (Å²) in [6, 6.07) is 2.24. The average molecular weight is 222 g/mol. The third kappa shape index (κ3) is 1.63. The maximum Gasteiger partial charge on any atom is 0.176 e. The molecule has 0 aliphatic heterocycles. The Morgan fingerprint density at radius 2 is 2.13 bits per heavy atom. The minimum absolute atomic E-state index is 0.344. The number of nitrogen functional groups attached to an aromatic ring is 1. The van der Waals surface area contributed by atoms with Crippen molar-refractivity contribution in [2.45, 2.75) is 26.8 Å². The molecule has 2 rings (SSSR count). The summed E-state index contributed by atoms with van der Waals surface area (Å²) in [4.78, 5) is 1.00. The van der Waals surface area contributed by atoms with E-state index in [-0.39, 0.29) is 0 Å². The smallest absolute Gasteiger partial charge is 0.176 e. The fourth-order valence-electron chi connectivity index (χ4n) is 1.64. The van der Waals surface area contributed by atoms with E-state index in [0.29, 0.717) is 6.04 Å². The van der Waals surface area contributed by atoms with E-state index in [1.165, 1.54) is 0 Å². The number of thiophene rings is 1. The summed E-state index contributed by atoms with van der Waals surface area (Å²) < 4.78 is 2.10. The van der Waals surface area contributed by atoms with E-state index >= 15 is 0 Å². The van der Waals surface area contributed by atoms with Crippen LogP contribution in [0.5, 0.6) is 0 Å². The van der Waals surface area contributed by atoms with Gasteiger partial charge >= 0.3 is 0 Å². The van der Waals surface area contributed by atoms with E-state index in [2.05, 4.69) is 28.6 Å². The molecule has 5 heteroatoms. The van der Waals surface area contributed by atoms with Crippen LogP contribution in [-0.2, 0) is 0 Å². The average Bonchev–Trinajstić information content (AvgIpc) is 2.71. The summed E-state index contributed by atoms with van der Waals surface area (Å²) in [6.45, 7) is 6.19. The summed E-state index contributed by atoms with van der Waals surface area (Å²) in [7, 11) is 0. The minimum Gasteiger partial charge on any atom is -0.397 e. The van der Waals surface area contributed by atoms with Crippen LogP contribution >= 0.6 is 11.3 Å². The second-order valence-electron chi connectivity index (χ2n) is 3.74. The molecule has 0 radical (unpaired) electrons. The van der Waals surface area contributed by atoms with Crippen molar-refractivity contribution >= 4 is 17.0 Å². The number of nitrogens with two attached hydrogens (primary N) is 1. The molecule has 0 spiro atoms. The molecule has 0 aliphatic carbocycles. The normalized spacial score (nSPS) is 11.2. The number of hydrogen-bond acceptors (Lipinski definition) is 4. The highest BCUT2D eigenvalue weighted by Crippen LogP contribution is 2.31. The molecule has 4 nitrogen and oxygen atoms in total. The Morgan fingerprint density at radius 3 is 2.67 bits per heavy atom. The lowest BCUT2D eigenvalue weighted by Crippen LogP contribution is -2.05. The standard InChI is InChI=1S/C10H14N4S/c1-6(2)14-7(3)12-13-10(14)9-8(11)4-5-15-9/h4-6H,11H2,1-3H3. The third-order valence-electron chi connectivity index (χ3n) is 2.28. The Morgan fingerprint density at radius 1 is 1.40 bits per heavy atom. The van der Waals surface area contributed by atoms with Crippen LogP contribution < -0.4 is 5.73 Å². The van der Waals surface area contributed by atoms with Crippen LogP contribution in [0.3, 0.4) is 0 Å². The van der Waals surface area contributed by atoms with Gasteiger partial charge in [0.25, 0.3) is 0 Å². The Bertz CT molecular complexity index is 469. The number of rotatable bonds is 2. The second-order valence-corrected chi connectivity index (χ2v) is 4.66. The SMILES string of the molecule is Cc1nnc(-c2sccc2N)n1C(C)C. The Kier molecular flexibility index (Phi) is 2.48. The molecule has 0 fully saturated rings. The lowest BCUT2D eigenvalue weighted by Gasteiger charge is -2.11. The van der Waals surface area contributed by atoms with Gasteiger partial charge in [0.2, 0.25) is 0 Å². The predicted molar refractivity (Wildman–Crippen MR) is 62.9 cm³/mol. The molecule has 2 aromatic rings. The van der Waals surface area contributed by atoms with Gasteiger partial charge in [0.05, 0.1) is 10.6 Å². The maximum atomic E-state index is 5.88. The van der Waals surface area contributed by atoms with Crippen LogP contribution in [0.2, 0.25) is 0 Å². The van der Waals surface area contributed by atoms with Crippen molar-refractivity contribution in [1.29, 1.82) is 0 Å². The molecule has 2 aromatic heterocycles. The molecule has 0 saturated heterocycles. The number of hydrogen-bond donors (Lipinski definition) is 1. The monoisotopic (exact) mass is 222 g/mol. The van der Waals surface area contributed by atoms with Crippen LogP contribution in [0.4, 0.5) is 5.69 Å². The third-order valence-corrected chi connectivity index (χ3v) is 3.21. The van der Waals surface area contributed by atoms with Gasteiger partial charge in [-0.25, -0.2) is 0 Å². The van der Waals surface area contributed by atoms with E-state index in [0.717, 1.165) is 22.2 Å². The van der Waals surface area contributed by atoms with Gasteiger partial charge in [-0.15, -0.1) is 21.5 Å². The molecule has 0 unspecified atom stereocenters. The Hall–Kier alpha value is -1.36. The van der Waals surface area contributed by atoms with E-state index in [1.807, 2.05) is 18.4 Å². The maximum absolute atomic E-state index is 5.88. The first-order valence-electron chi connectivity index (χ1n) is 4.86.